The van der Waals surface area contributed by atoms with Gasteiger partial charge >= 0.3 is 11.6 Å². The Morgan fingerprint density at radius 2 is 1.69 bits per heavy atom. The average molecular weight is 491 g/mol. The fourth-order valence-corrected chi connectivity index (χ4v) is 3.37. The maximum absolute atomic E-state index is 12.2. The molecule has 5 nitrogen and oxygen atoms in total. The van der Waals surface area contributed by atoms with E-state index in [-0.39, 0.29) is 0 Å². The van der Waals surface area contributed by atoms with Crippen LogP contribution in [0.5, 0.6) is 11.5 Å². The van der Waals surface area contributed by atoms with E-state index in [0.717, 1.165) is 32.3 Å². The predicted octanol–water partition coefficient (Wildman–Crippen LogP) is 6.06. The summed E-state index contributed by atoms with van der Waals surface area (Å²) >= 11 is 3.41. The number of halogens is 1. The summed E-state index contributed by atoms with van der Waals surface area (Å²) < 4.78 is 17.3. The summed E-state index contributed by atoms with van der Waals surface area (Å²) in [6.45, 7) is 2.30. The first-order chi connectivity index (χ1) is 15.5. The average Bonchev–Trinajstić information content (AvgIpc) is 2.77. The summed E-state index contributed by atoms with van der Waals surface area (Å²) in [6.07, 6.45) is 3.00. The van der Waals surface area contributed by atoms with Crippen LogP contribution in [0.25, 0.3) is 17.0 Å². The van der Waals surface area contributed by atoms with Crippen molar-refractivity contribution in [2.45, 2.75) is 13.5 Å². The number of rotatable bonds is 6. The van der Waals surface area contributed by atoms with E-state index in [4.69, 9.17) is 13.9 Å². The van der Waals surface area contributed by atoms with E-state index in [1.54, 1.807) is 18.2 Å². The SMILES string of the molecule is Cc1cc(=O)oc2cc(OC(=O)/C=C/c3ccc(OCc4ccc(Br)cc4)cc3)ccc12. The third kappa shape index (κ3) is 5.53. The monoisotopic (exact) mass is 490 g/mol. The second-order valence-corrected chi connectivity index (χ2v) is 8.06. The fraction of sp³-hybridized carbons (Fsp3) is 0.0769. The van der Waals surface area contributed by atoms with Crippen molar-refractivity contribution < 1.29 is 18.7 Å². The van der Waals surface area contributed by atoms with Crippen LogP contribution in [-0.2, 0) is 11.4 Å². The Bertz CT molecular complexity index is 1340. The molecule has 0 amide bonds. The molecule has 0 unspecified atom stereocenters. The van der Waals surface area contributed by atoms with E-state index in [1.165, 1.54) is 18.2 Å². The largest absolute Gasteiger partial charge is 0.489 e. The normalized spacial score (nSPS) is 11.1. The molecule has 0 radical (unpaired) electrons. The summed E-state index contributed by atoms with van der Waals surface area (Å²) in [6, 6.07) is 21.7. The van der Waals surface area contributed by atoms with Crippen molar-refractivity contribution in [1.29, 1.82) is 0 Å². The van der Waals surface area contributed by atoms with E-state index >= 15 is 0 Å². The van der Waals surface area contributed by atoms with Crippen LogP contribution in [0.15, 0.2) is 92.6 Å². The van der Waals surface area contributed by atoms with Crippen molar-refractivity contribution in [2.24, 2.45) is 0 Å². The van der Waals surface area contributed by atoms with Crippen molar-refractivity contribution in [2.75, 3.05) is 0 Å². The summed E-state index contributed by atoms with van der Waals surface area (Å²) in [5.41, 5.74) is 2.64. The number of aryl methyl sites for hydroxylation is 1. The van der Waals surface area contributed by atoms with E-state index < -0.39 is 11.6 Å². The van der Waals surface area contributed by atoms with Crippen LogP contribution >= 0.6 is 15.9 Å². The predicted molar refractivity (Wildman–Crippen MR) is 127 cm³/mol. The summed E-state index contributed by atoms with van der Waals surface area (Å²) in [5.74, 6) is 0.507. The molecule has 0 saturated carbocycles. The van der Waals surface area contributed by atoms with Gasteiger partial charge in [-0.3, -0.25) is 0 Å². The molecule has 0 aliphatic heterocycles. The molecule has 4 rings (SSSR count). The Kier molecular flexibility index (Phi) is 6.52. The Balaban J connectivity index is 1.35. The molecular weight excluding hydrogens is 472 g/mol. The molecule has 0 aliphatic carbocycles. The first-order valence-electron chi connectivity index (χ1n) is 9.88. The van der Waals surface area contributed by atoms with E-state index in [0.29, 0.717) is 17.9 Å². The summed E-state index contributed by atoms with van der Waals surface area (Å²) in [4.78, 5) is 23.7. The van der Waals surface area contributed by atoms with Gasteiger partial charge in [-0.05, 0) is 66.1 Å². The number of benzene rings is 3. The lowest BCUT2D eigenvalue weighted by atomic mass is 10.1. The molecule has 0 aliphatic rings. The summed E-state index contributed by atoms with van der Waals surface area (Å²) in [7, 11) is 0. The highest BCUT2D eigenvalue weighted by Gasteiger charge is 2.06. The number of hydrogen-bond acceptors (Lipinski definition) is 5. The van der Waals surface area contributed by atoms with Crippen molar-refractivity contribution in [3.05, 3.63) is 110 Å². The standard InChI is InChI=1S/C26H19BrO5/c1-17-14-26(29)32-24-15-22(11-12-23(17)24)31-25(28)13-6-18-4-9-21(10-5-18)30-16-19-2-7-20(27)8-3-19/h2-15H,16H2,1H3/b13-6+. The molecule has 0 saturated heterocycles. The zero-order chi connectivity index (χ0) is 22.5. The number of fused-ring (bicyclic) bond motifs is 1. The smallest absolute Gasteiger partial charge is 0.336 e. The van der Waals surface area contributed by atoms with Gasteiger partial charge in [-0.1, -0.05) is 40.2 Å². The van der Waals surface area contributed by atoms with Crippen LogP contribution in [0, 0.1) is 6.92 Å². The molecule has 6 heteroatoms. The molecule has 0 N–H and O–H groups in total. The topological polar surface area (TPSA) is 65.7 Å². The lowest BCUT2D eigenvalue weighted by Gasteiger charge is -2.07. The lowest BCUT2D eigenvalue weighted by molar-refractivity contribution is -0.128. The van der Waals surface area contributed by atoms with Crippen molar-refractivity contribution in [3.63, 3.8) is 0 Å². The van der Waals surface area contributed by atoms with Crippen molar-refractivity contribution in [3.8, 4) is 11.5 Å². The van der Waals surface area contributed by atoms with Gasteiger partial charge in [0.25, 0.3) is 0 Å². The van der Waals surface area contributed by atoms with Gasteiger partial charge in [-0.25, -0.2) is 9.59 Å². The molecule has 0 atom stereocenters. The van der Waals surface area contributed by atoms with Crippen molar-refractivity contribution >= 4 is 38.9 Å². The molecule has 0 fully saturated rings. The Hall–Kier alpha value is -3.64. The van der Waals surface area contributed by atoms with Crippen LogP contribution in [0.1, 0.15) is 16.7 Å². The number of carbonyl (C=O) groups is 1. The highest BCUT2D eigenvalue weighted by Crippen LogP contribution is 2.22. The molecule has 0 bridgehead atoms. The van der Waals surface area contributed by atoms with Crippen LogP contribution in [-0.4, -0.2) is 5.97 Å². The molecule has 3 aromatic carbocycles. The van der Waals surface area contributed by atoms with Crippen LogP contribution < -0.4 is 15.1 Å². The second-order valence-electron chi connectivity index (χ2n) is 7.15. The minimum Gasteiger partial charge on any atom is -0.489 e. The quantitative estimate of drug-likeness (QED) is 0.142. The van der Waals surface area contributed by atoms with Crippen LogP contribution in [0.4, 0.5) is 0 Å². The summed E-state index contributed by atoms with van der Waals surface area (Å²) in [5, 5.41) is 0.794. The molecule has 1 aromatic heterocycles. The van der Waals surface area contributed by atoms with Gasteiger partial charge in [0, 0.05) is 28.1 Å². The maximum Gasteiger partial charge on any atom is 0.336 e. The first kappa shape index (κ1) is 21.6. The molecule has 160 valence electrons. The lowest BCUT2D eigenvalue weighted by Crippen LogP contribution is -2.04. The minimum atomic E-state index is -0.532. The van der Waals surface area contributed by atoms with Crippen LogP contribution in [0.3, 0.4) is 0 Å². The van der Waals surface area contributed by atoms with Gasteiger partial charge < -0.3 is 13.9 Å². The second kappa shape index (κ2) is 9.66. The van der Waals surface area contributed by atoms with E-state index in [9.17, 15) is 9.59 Å². The third-order valence-electron chi connectivity index (χ3n) is 4.75. The minimum absolute atomic E-state index is 0.303. The zero-order valence-electron chi connectivity index (χ0n) is 17.2. The van der Waals surface area contributed by atoms with Crippen LogP contribution in [0.2, 0.25) is 0 Å². The molecule has 0 spiro atoms. The van der Waals surface area contributed by atoms with Gasteiger partial charge in [0.2, 0.25) is 0 Å². The van der Waals surface area contributed by atoms with Gasteiger partial charge in [0.1, 0.15) is 23.7 Å². The zero-order valence-corrected chi connectivity index (χ0v) is 18.8. The van der Waals surface area contributed by atoms with E-state index in [2.05, 4.69) is 15.9 Å². The van der Waals surface area contributed by atoms with Gasteiger partial charge in [-0.2, -0.15) is 0 Å². The van der Waals surface area contributed by atoms with Gasteiger partial charge in [0.05, 0.1) is 0 Å². The van der Waals surface area contributed by atoms with Gasteiger partial charge in [0.15, 0.2) is 0 Å². The number of hydrogen-bond donors (Lipinski definition) is 0. The number of ether oxygens (including phenoxy) is 2. The number of carbonyl (C=O) groups excluding carboxylic acids is 1. The number of esters is 1. The van der Waals surface area contributed by atoms with E-state index in [1.807, 2.05) is 55.5 Å². The Morgan fingerprint density at radius 3 is 2.44 bits per heavy atom. The first-order valence-corrected chi connectivity index (χ1v) is 10.7. The Labute approximate surface area is 193 Å². The third-order valence-corrected chi connectivity index (χ3v) is 5.28. The molecule has 1 heterocycles. The van der Waals surface area contributed by atoms with Gasteiger partial charge in [-0.15, -0.1) is 0 Å². The maximum atomic E-state index is 12.2. The molecule has 32 heavy (non-hydrogen) atoms. The Morgan fingerprint density at radius 1 is 0.969 bits per heavy atom. The molecule has 4 aromatic rings. The highest BCUT2D eigenvalue weighted by molar-refractivity contribution is 9.10. The van der Waals surface area contributed by atoms with Crippen molar-refractivity contribution in [1.82, 2.24) is 0 Å². The molecular formula is C26H19BrO5. The highest BCUT2D eigenvalue weighted by atomic mass is 79.9. The fourth-order valence-electron chi connectivity index (χ4n) is 3.11.